The highest BCUT2D eigenvalue weighted by atomic mass is 16.8. The molecule has 1 aromatic rings. The molecule has 3 aliphatic rings. The summed E-state index contributed by atoms with van der Waals surface area (Å²) < 4.78 is 22.3. The summed E-state index contributed by atoms with van der Waals surface area (Å²) >= 11 is 0. The van der Waals surface area contributed by atoms with Gasteiger partial charge in [0.2, 0.25) is 5.78 Å². The molecule has 3 fully saturated rings. The zero-order chi connectivity index (χ0) is 17.1. The maximum absolute atomic E-state index is 12.9. The van der Waals surface area contributed by atoms with Gasteiger partial charge in [-0.05, 0) is 32.9 Å². The molecule has 0 saturated carbocycles. The van der Waals surface area contributed by atoms with E-state index in [0.717, 1.165) is 5.56 Å². The number of amides is 1. The lowest BCUT2D eigenvalue weighted by atomic mass is 9.98. The summed E-state index contributed by atoms with van der Waals surface area (Å²) in [6.07, 6.45) is -1.88. The maximum atomic E-state index is 12.9. The standard InChI is InChI=1S/C17H19NO6/c1-10-4-6-11(7-5-10)18-9-17(24-15(18)20)14(19)13-12(8-21-17)22-16(2,3)23-13/h4-7,12-13H,8-9H2,1-3H3/t12-,13-,17+/m0/s1. The third-order valence-corrected chi connectivity index (χ3v) is 4.48. The van der Waals surface area contributed by atoms with Crippen molar-refractivity contribution in [2.75, 3.05) is 18.1 Å². The second kappa shape index (κ2) is 5.02. The van der Waals surface area contributed by atoms with Crippen molar-refractivity contribution in [2.45, 2.75) is 44.6 Å². The van der Waals surface area contributed by atoms with Gasteiger partial charge in [-0.15, -0.1) is 0 Å². The van der Waals surface area contributed by atoms with Crippen LogP contribution in [0.1, 0.15) is 19.4 Å². The van der Waals surface area contributed by atoms with Crippen LogP contribution in [0.4, 0.5) is 10.5 Å². The highest BCUT2D eigenvalue weighted by molar-refractivity contribution is 6.00. The molecule has 0 radical (unpaired) electrons. The molecule has 1 amide bonds. The number of hydrogen-bond donors (Lipinski definition) is 0. The predicted octanol–water partition coefficient (Wildman–Crippen LogP) is 1.77. The molecule has 3 aliphatic heterocycles. The lowest BCUT2D eigenvalue weighted by molar-refractivity contribution is -0.218. The predicted molar refractivity (Wildman–Crippen MR) is 82.5 cm³/mol. The minimum Gasteiger partial charge on any atom is -0.407 e. The summed E-state index contributed by atoms with van der Waals surface area (Å²) in [5.74, 6) is -2.90. The number of hydrogen-bond acceptors (Lipinski definition) is 6. The zero-order valence-electron chi connectivity index (χ0n) is 13.8. The molecule has 0 unspecified atom stereocenters. The monoisotopic (exact) mass is 333 g/mol. The summed E-state index contributed by atoms with van der Waals surface area (Å²) in [5, 5.41) is 0. The highest BCUT2D eigenvalue weighted by Crippen LogP contribution is 2.40. The number of rotatable bonds is 1. The van der Waals surface area contributed by atoms with E-state index < -0.39 is 35.7 Å². The Kier molecular flexibility index (Phi) is 3.25. The molecule has 128 valence electrons. The smallest absolute Gasteiger partial charge is 0.407 e. The van der Waals surface area contributed by atoms with Crippen molar-refractivity contribution in [3.8, 4) is 0 Å². The maximum Gasteiger partial charge on any atom is 0.417 e. The fourth-order valence-electron chi connectivity index (χ4n) is 3.31. The van der Waals surface area contributed by atoms with Crippen LogP contribution in [0.15, 0.2) is 24.3 Å². The number of ketones is 1. The highest BCUT2D eigenvalue weighted by Gasteiger charge is 2.63. The van der Waals surface area contributed by atoms with E-state index >= 15 is 0 Å². The first-order valence-corrected chi connectivity index (χ1v) is 7.91. The molecule has 0 aromatic heterocycles. The van der Waals surface area contributed by atoms with Crippen LogP contribution >= 0.6 is 0 Å². The third-order valence-electron chi connectivity index (χ3n) is 4.48. The van der Waals surface area contributed by atoms with Crippen molar-refractivity contribution in [1.82, 2.24) is 0 Å². The number of carbonyl (C=O) groups is 2. The van der Waals surface area contributed by atoms with Gasteiger partial charge >= 0.3 is 6.09 Å². The number of benzene rings is 1. The van der Waals surface area contributed by atoms with Crippen LogP contribution in [0.3, 0.4) is 0 Å². The third kappa shape index (κ3) is 2.31. The topological polar surface area (TPSA) is 74.3 Å². The molecular formula is C17H19NO6. The Morgan fingerprint density at radius 2 is 1.83 bits per heavy atom. The van der Waals surface area contributed by atoms with Gasteiger partial charge < -0.3 is 18.9 Å². The molecule has 0 bridgehead atoms. The molecule has 0 N–H and O–H groups in total. The molecule has 24 heavy (non-hydrogen) atoms. The number of fused-ring (bicyclic) bond motifs is 1. The van der Waals surface area contributed by atoms with E-state index in [2.05, 4.69) is 0 Å². The number of carbonyl (C=O) groups excluding carboxylic acids is 2. The van der Waals surface area contributed by atoms with Crippen LogP contribution in [0.2, 0.25) is 0 Å². The van der Waals surface area contributed by atoms with Crippen LogP contribution in [0.5, 0.6) is 0 Å². The zero-order valence-corrected chi connectivity index (χ0v) is 13.8. The second-order valence-corrected chi connectivity index (χ2v) is 6.81. The van der Waals surface area contributed by atoms with E-state index in [0.29, 0.717) is 5.69 Å². The van der Waals surface area contributed by atoms with E-state index in [1.165, 1.54) is 4.90 Å². The van der Waals surface area contributed by atoms with Crippen LogP contribution < -0.4 is 4.90 Å². The Morgan fingerprint density at radius 1 is 1.12 bits per heavy atom. The lowest BCUT2D eigenvalue weighted by Crippen LogP contribution is -2.59. The summed E-state index contributed by atoms with van der Waals surface area (Å²) in [6.45, 7) is 5.57. The van der Waals surface area contributed by atoms with E-state index in [9.17, 15) is 9.59 Å². The van der Waals surface area contributed by atoms with Crippen molar-refractivity contribution < 1.29 is 28.5 Å². The Labute approximate surface area is 139 Å². The molecule has 1 spiro atoms. The minimum absolute atomic E-state index is 0.000730. The van der Waals surface area contributed by atoms with Gasteiger partial charge in [0, 0.05) is 5.69 Å². The molecule has 3 heterocycles. The Morgan fingerprint density at radius 3 is 2.54 bits per heavy atom. The molecule has 1 aromatic carbocycles. The Hall–Kier alpha value is -1.96. The Balaban J connectivity index is 1.60. The van der Waals surface area contributed by atoms with Crippen molar-refractivity contribution in [3.05, 3.63) is 29.8 Å². The summed E-state index contributed by atoms with van der Waals surface area (Å²) in [4.78, 5) is 26.6. The van der Waals surface area contributed by atoms with Gasteiger partial charge in [-0.25, -0.2) is 4.79 Å². The molecule has 0 aliphatic carbocycles. The van der Waals surface area contributed by atoms with Crippen molar-refractivity contribution in [3.63, 3.8) is 0 Å². The number of Topliss-reactive ketones (excluding diaryl/α,β-unsaturated/α-hetero) is 1. The van der Waals surface area contributed by atoms with Gasteiger partial charge in [-0.3, -0.25) is 9.69 Å². The second-order valence-electron chi connectivity index (χ2n) is 6.81. The Bertz CT molecular complexity index is 700. The summed E-state index contributed by atoms with van der Waals surface area (Å²) in [6, 6.07) is 7.40. The van der Waals surface area contributed by atoms with Gasteiger partial charge in [0.25, 0.3) is 5.79 Å². The summed E-state index contributed by atoms with van der Waals surface area (Å²) in [5.41, 5.74) is 1.73. The van der Waals surface area contributed by atoms with Crippen LogP contribution in [0.25, 0.3) is 0 Å². The first kappa shape index (κ1) is 15.6. The molecule has 3 saturated heterocycles. The van der Waals surface area contributed by atoms with E-state index in [-0.39, 0.29) is 13.2 Å². The average Bonchev–Trinajstić information content (AvgIpc) is 3.02. The molecule has 4 rings (SSSR count). The fourth-order valence-corrected chi connectivity index (χ4v) is 3.31. The summed E-state index contributed by atoms with van der Waals surface area (Å²) in [7, 11) is 0. The van der Waals surface area contributed by atoms with Crippen molar-refractivity contribution in [2.24, 2.45) is 0 Å². The number of nitrogens with zero attached hydrogens (tertiary/aromatic N) is 1. The van der Waals surface area contributed by atoms with Gasteiger partial charge in [0.1, 0.15) is 12.6 Å². The average molecular weight is 333 g/mol. The molecule has 7 heteroatoms. The van der Waals surface area contributed by atoms with E-state index in [4.69, 9.17) is 18.9 Å². The van der Waals surface area contributed by atoms with Crippen LogP contribution in [0, 0.1) is 6.92 Å². The van der Waals surface area contributed by atoms with Crippen molar-refractivity contribution >= 4 is 17.6 Å². The van der Waals surface area contributed by atoms with Crippen molar-refractivity contribution in [1.29, 1.82) is 0 Å². The largest absolute Gasteiger partial charge is 0.417 e. The van der Waals surface area contributed by atoms with Crippen LogP contribution in [-0.4, -0.2) is 48.8 Å². The SMILES string of the molecule is Cc1ccc(N2C[C@@]3(OC[C@@H]4OC(C)(C)O[C@@H]4C3=O)OC2=O)cc1. The minimum atomic E-state index is -1.63. The van der Waals surface area contributed by atoms with E-state index in [1.807, 2.05) is 31.2 Å². The molecule has 7 nitrogen and oxygen atoms in total. The lowest BCUT2D eigenvalue weighted by Gasteiger charge is -2.34. The van der Waals surface area contributed by atoms with Gasteiger partial charge in [0.15, 0.2) is 11.9 Å². The molecule has 3 atom stereocenters. The van der Waals surface area contributed by atoms with Gasteiger partial charge in [-0.2, -0.15) is 0 Å². The number of anilines is 1. The van der Waals surface area contributed by atoms with Crippen LogP contribution in [-0.2, 0) is 23.7 Å². The first-order chi connectivity index (χ1) is 11.3. The fraction of sp³-hybridized carbons (Fsp3) is 0.529. The number of ether oxygens (including phenoxy) is 4. The molecular weight excluding hydrogens is 314 g/mol. The number of aryl methyl sites for hydroxylation is 1. The quantitative estimate of drug-likeness (QED) is 0.780. The normalized spacial score (nSPS) is 34.5. The van der Waals surface area contributed by atoms with Gasteiger partial charge in [-0.1, -0.05) is 17.7 Å². The first-order valence-electron chi connectivity index (χ1n) is 7.91. The van der Waals surface area contributed by atoms with Gasteiger partial charge in [0.05, 0.1) is 6.61 Å². The van der Waals surface area contributed by atoms with E-state index in [1.54, 1.807) is 13.8 Å².